The summed E-state index contributed by atoms with van der Waals surface area (Å²) >= 11 is 0. The molecule has 2 aromatic rings. The van der Waals surface area contributed by atoms with Crippen molar-refractivity contribution in [3.05, 3.63) is 71.8 Å². The molecule has 0 aliphatic heterocycles. The van der Waals surface area contributed by atoms with Gasteiger partial charge >= 0.3 is 0 Å². The molecule has 0 saturated heterocycles. The summed E-state index contributed by atoms with van der Waals surface area (Å²) in [6, 6.07) is 18.7. The third-order valence-corrected chi connectivity index (χ3v) is 3.38. The monoisotopic (exact) mass is 254 g/mol. The largest absolute Gasteiger partial charge is 0.384 e. The van der Waals surface area contributed by atoms with Crippen LogP contribution in [0.5, 0.6) is 0 Å². The van der Waals surface area contributed by atoms with Crippen molar-refractivity contribution in [3.63, 3.8) is 0 Å². The molecule has 0 fully saturated rings. The van der Waals surface area contributed by atoms with E-state index in [9.17, 15) is 9.90 Å². The molecule has 2 rings (SSSR count). The fourth-order valence-corrected chi connectivity index (χ4v) is 2.30. The van der Waals surface area contributed by atoms with Crippen molar-refractivity contribution < 1.29 is 9.90 Å². The number of carbonyl (C=O) groups is 1. The number of carbonyl (C=O) groups excluding carboxylic acids is 1. The molecular formula is C17H18O2. The highest BCUT2D eigenvalue weighted by Gasteiger charge is 2.26. The molecule has 0 heterocycles. The van der Waals surface area contributed by atoms with Crippen LogP contribution in [-0.2, 0) is 0 Å². The van der Waals surface area contributed by atoms with E-state index in [4.69, 9.17) is 0 Å². The van der Waals surface area contributed by atoms with Crippen LogP contribution in [0.3, 0.4) is 0 Å². The fourth-order valence-electron chi connectivity index (χ4n) is 2.30. The molecule has 2 unspecified atom stereocenters. The Morgan fingerprint density at radius 3 is 2.05 bits per heavy atom. The summed E-state index contributed by atoms with van der Waals surface area (Å²) in [7, 11) is 0. The van der Waals surface area contributed by atoms with Crippen LogP contribution in [0.4, 0.5) is 0 Å². The highest BCUT2D eigenvalue weighted by molar-refractivity contribution is 5.99. The quantitative estimate of drug-likeness (QED) is 0.830. The zero-order valence-electron chi connectivity index (χ0n) is 11.0. The number of benzene rings is 2. The molecule has 0 spiro atoms. The highest BCUT2D eigenvalue weighted by atomic mass is 16.3. The maximum atomic E-state index is 12.3. The lowest BCUT2D eigenvalue weighted by Crippen LogP contribution is -2.27. The maximum absolute atomic E-state index is 12.3. The minimum absolute atomic E-state index is 0.158. The smallest absolute Gasteiger partial charge is 0.191 e. The molecule has 0 bridgehead atoms. The molecule has 1 N–H and O–H groups in total. The molecule has 0 aromatic heterocycles. The van der Waals surface area contributed by atoms with Crippen LogP contribution in [-0.4, -0.2) is 17.0 Å². The first-order valence-electron chi connectivity index (χ1n) is 6.56. The van der Waals surface area contributed by atoms with Crippen molar-refractivity contribution >= 4 is 5.78 Å². The summed E-state index contributed by atoms with van der Waals surface area (Å²) in [5.41, 5.74) is 1.56. The molecule has 2 aromatic carbocycles. The van der Waals surface area contributed by atoms with Crippen molar-refractivity contribution in [1.82, 2.24) is 0 Å². The van der Waals surface area contributed by atoms with E-state index in [1.807, 2.05) is 55.5 Å². The van der Waals surface area contributed by atoms with E-state index in [2.05, 4.69) is 0 Å². The van der Waals surface area contributed by atoms with Gasteiger partial charge in [0.1, 0.15) is 6.10 Å². The van der Waals surface area contributed by atoms with Gasteiger partial charge in [0.05, 0.1) is 0 Å². The van der Waals surface area contributed by atoms with Gasteiger partial charge in [0, 0.05) is 11.5 Å². The first kappa shape index (κ1) is 13.5. The van der Waals surface area contributed by atoms with Crippen LogP contribution in [0.2, 0.25) is 0 Å². The van der Waals surface area contributed by atoms with E-state index in [0.29, 0.717) is 5.56 Å². The van der Waals surface area contributed by atoms with E-state index in [1.54, 1.807) is 12.1 Å². The van der Waals surface area contributed by atoms with Gasteiger partial charge in [0.2, 0.25) is 0 Å². The Labute approximate surface area is 113 Å². The molecule has 2 nitrogen and oxygen atoms in total. The third kappa shape index (κ3) is 3.09. The van der Waals surface area contributed by atoms with Gasteiger partial charge in [0.25, 0.3) is 0 Å². The number of hydrogen-bond acceptors (Lipinski definition) is 2. The van der Waals surface area contributed by atoms with E-state index >= 15 is 0 Å². The average molecular weight is 254 g/mol. The molecule has 19 heavy (non-hydrogen) atoms. The second-order valence-corrected chi connectivity index (χ2v) is 4.60. The SMILES string of the molecule is CCC(c1ccccc1)C(O)C(=O)c1ccccc1. The number of ketones is 1. The Bertz CT molecular complexity index is 519. The van der Waals surface area contributed by atoms with Crippen molar-refractivity contribution in [3.8, 4) is 0 Å². The first-order chi connectivity index (χ1) is 9.24. The topological polar surface area (TPSA) is 37.3 Å². The van der Waals surface area contributed by atoms with Crippen LogP contribution in [0.15, 0.2) is 60.7 Å². The lowest BCUT2D eigenvalue weighted by atomic mass is 9.87. The number of aliphatic hydroxyl groups excluding tert-OH is 1. The second-order valence-electron chi connectivity index (χ2n) is 4.60. The summed E-state index contributed by atoms with van der Waals surface area (Å²) in [5.74, 6) is -0.370. The molecule has 0 aliphatic carbocycles. The van der Waals surface area contributed by atoms with Crippen molar-refractivity contribution in [1.29, 1.82) is 0 Å². The average Bonchev–Trinajstić information content (AvgIpc) is 2.49. The molecule has 0 aliphatic rings. The predicted molar refractivity (Wildman–Crippen MR) is 76.3 cm³/mol. The van der Waals surface area contributed by atoms with Crippen molar-refractivity contribution in [2.75, 3.05) is 0 Å². The van der Waals surface area contributed by atoms with E-state index < -0.39 is 6.10 Å². The Morgan fingerprint density at radius 2 is 1.53 bits per heavy atom. The van der Waals surface area contributed by atoms with Gasteiger partial charge in [-0.2, -0.15) is 0 Å². The number of hydrogen-bond donors (Lipinski definition) is 1. The lowest BCUT2D eigenvalue weighted by Gasteiger charge is -2.21. The van der Waals surface area contributed by atoms with Gasteiger partial charge in [0.15, 0.2) is 5.78 Å². The molecule has 2 atom stereocenters. The Hall–Kier alpha value is -1.93. The standard InChI is InChI=1S/C17H18O2/c1-2-15(13-9-5-3-6-10-13)17(19)16(18)14-11-7-4-8-12-14/h3-12,15,17,19H,2H2,1H3. The summed E-state index contributed by atoms with van der Waals surface area (Å²) in [6.07, 6.45) is -0.265. The highest BCUT2D eigenvalue weighted by Crippen LogP contribution is 2.25. The molecule has 0 saturated carbocycles. The number of rotatable bonds is 5. The fraction of sp³-hybridized carbons (Fsp3) is 0.235. The van der Waals surface area contributed by atoms with E-state index in [1.165, 1.54) is 0 Å². The van der Waals surface area contributed by atoms with Crippen LogP contribution in [0.1, 0.15) is 35.2 Å². The number of Topliss-reactive ketones (excluding diaryl/α,β-unsaturated/α-hetero) is 1. The maximum Gasteiger partial charge on any atom is 0.191 e. The van der Waals surface area contributed by atoms with Crippen molar-refractivity contribution in [2.45, 2.75) is 25.4 Å². The predicted octanol–water partition coefficient (Wildman–Crippen LogP) is 3.42. The van der Waals surface area contributed by atoms with Gasteiger partial charge in [-0.15, -0.1) is 0 Å². The molecule has 0 radical (unpaired) electrons. The van der Waals surface area contributed by atoms with E-state index in [-0.39, 0.29) is 11.7 Å². The van der Waals surface area contributed by atoms with Gasteiger partial charge in [-0.05, 0) is 12.0 Å². The zero-order chi connectivity index (χ0) is 13.7. The minimum Gasteiger partial charge on any atom is -0.384 e. The Morgan fingerprint density at radius 1 is 1.00 bits per heavy atom. The Balaban J connectivity index is 2.22. The van der Waals surface area contributed by atoms with Crippen LogP contribution in [0.25, 0.3) is 0 Å². The zero-order valence-corrected chi connectivity index (χ0v) is 11.0. The van der Waals surface area contributed by atoms with E-state index in [0.717, 1.165) is 12.0 Å². The van der Waals surface area contributed by atoms with Crippen LogP contribution < -0.4 is 0 Å². The Kier molecular flexibility index (Phi) is 4.48. The van der Waals surface area contributed by atoms with Crippen LogP contribution >= 0.6 is 0 Å². The van der Waals surface area contributed by atoms with Gasteiger partial charge < -0.3 is 5.11 Å². The van der Waals surface area contributed by atoms with Crippen LogP contribution in [0, 0.1) is 0 Å². The first-order valence-corrected chi connectivity index (χ1v) is 6.56. The summed E-state index contributed by atoms with van der Waals surface area (Å²) in [4.78, 5) is 12.3. The van der Waals surface area contributed by atoms with Gasteiger partial charge in [-0.1, -0.05) is 67.6 Å². The second kappa shape index (κ2) is 6.30. The van der Waals surface area contributed by atoms with Gasteiger partial charge in [-0.3, -0.25) is 4.79 Å². The molecule has 2 heteroatoms. The summed E-state index contributed by atoms with van der Waals surface area (Å²) < 4.78 is 0. The summed E-state index contributed by atoms with van der Waals surface area (Å²) in [5, 5.41) is 10.3. The summed E-state index contributed by atoms with van der Waals surface area (Å²) in [6.45, 7) is 1.99. The minimum atomic E-state index is -0.991. The third-order valence-electron chi connectivity index (χ3n) is 3.38. The van der Waals surface area contributed by atoms with Crippen molar-refractivity contribution in [2.24, 2.45) is 0 Å². The molecule has 0 amide bonds. The lowest BCUT2D eigenvalue weighted by molar-refractivity contribution is 0.0684. The van der Waals surface area contributed by atoms with Gasteiger partial charge in [-0.25, -0.2) is 0 Å². The molecule has 98 valence electrons. The normalized spacial score (nSPS) is 13.8. The number of aliphatic hydroxyl groups is 1. The molecular weight excluding hydrogens is 236 g/mol.